The Kier molecular flexibility index (Phi) is 35.9. The predicted octanol–water partition coefficient (Wildman–Crippen LogP) is 12.7. The Bertz CT molecular complexity index is 657. The van der Waals surface area contributed by atoms with Crippen molar-refractivity contribution in [3.05, 3.63) is 30.1 Å². The van der Waals surface area contributed by atoms with Crippen molar-refractivity contribution in [1.29, 1.82) is 0 Å². The molecule has 0 radical (unpaired) electrons. The zero-order chi connectivity index (χ0) is 32.9. The summed E-state index contributed by atoms with van der Waals surface area (Å²) >= 11 is 0. The number of pyridine rings is 1. The van der Waals surface area contributed by atoms with Crippen LogP contribution in [0.3, 0.4) is 0 Å². The van der Waals surface area contributed by atoms with Crippen molar-refractivity contribution >= 4 is 5.97 Å². The number of rotatable bonds is 33. The third kappa shape index (κ3) is 35.3. The van der Waals surface area contributed by atoms with E-state index in [0.717, 1.165) is 25.7 Å². The van der Waals surface area contributed by atoms with Gasteiger partial charge in [0, 0.05) is 18.1 Å². The third-order valence-electron chi connectivity index (χ3n) is 9.53. The molecule has 1 heterocycles. The summed E-state index contributed by atoms with van der Waals surface area (Å²) in [6.07, 6.45) is 46.2. The van der Waals surface area contributed by atoms with Gasteiger partial charge in [0.15, 0.2) is 12.4 Å². The average molecular weight is 630 g/mol. The van der Waals surface area contributed by atoms with E-state index in [-0.39, 0.29) is 5.92 Å². The number of carboxylic acids is 1. The van der Waals surface area contributed by atoms with Crippen LogP contribution in [0, 0.1) is 12.8 Å². The summed E-state index contributed by atoms with van der Waals surface area (Å²) in [6.45, 7) is 6.63. The van der Waals surface area contributed by atoms with Crippen LogP contribution in [0.4, 0.5) is 0 Å². The first-order chi connectivity index (χ1) is 22.1. The minimum absolute atomic E-state index is 0.209. The van der Waals surface area contributed by atoms with Crippen LogP contribution in [0.1, 0.15) is 225 Å². The summed E-state index contributed by atoms with van der Waals surface area (Å²) in [7, 11) is 0. The minimum Gasteiger partial charge on any atom is -0.550 e. The largest absolute Gasteiger partial charge is 0.550 e. The van der Waals surface area contributed by atoms with Crippen molar-refractivity contribution in [3.8, 4) is 0 Å². The zero-order valence-corrected chi connectivity index (χ0v) is 30.8. The van der Waals surface area contributed by atoms with Crippen LogP contribution < -0.4 is 10.1 Å². The van der Waals surface area contributed by atoms with Gasteiger partial charge in [0.1, 0.15) is 0 Å². The van der Waals surface area contributed by atoms with Crippen LogP contribution >= 0.6 is 0 Å². The van der Waals surface area contributed by atoms with Gasteiger partial charge in [-0.3, -0.25) is 0 Å². The Morgan fingerprint density at radius 2 is 0.733 bits per heavy atom. The highest BCUT2D eigenvalue weighted by atomic mass is 16.4. The van der Waals surface area contributed by atoms with Gasteiger partial charge in [-0.2, -0.15) is 0 Å². The number of hydrogen-bond acceptors (Lipinski definition) is 2. The Morgan fingerprint density at radius 1 is 0.489 bits per heavy atom. The number of aromatic amines is 1. The van der Waals surface area contributed by atoms with Gasteiger partial charge in [-0.05, 0) is 31.2 Å². The molecule has 0 spiro atoms. The van der Waals surface area contributed by atoms with E-state index >= 15 is 0 Å². The standard InChI is InChI=1S/C36H72O2.C6H7N/c1-3-5-7-9-11-13-15-17-19-21-23-25-27-29-31-33-35(36(37)38)34-32-30-28-26-24-22-20-18-16-14-12-10-8-6-4-2;1-6-2-4-7-5-3-6/h35H,3-34H2,1-2H3,(H,37,38);2-5H,1H3. The van der Waals surface area contributed by atoms with Crippen molar-refractivity contribution in [2.24, 2.45) is 5.92 Å². The molecule has 0 aliphatic carbocycles. The minimum atomic E-state index is -0.805. The molecule has 264 valence electrons. The summed E-state index contributed by atoms with van der Waals surface area (Å²) < 4.78 is 0. The lowest BCUT2D eigenvalue weighted by atomic mass is 9.94. The van der Waals surface area contributed by atoms with E-state index in [1.807, 2.05) is 24.5 Å². The Balaban J connectivity index is 0.00000241. The van der Waals surface area contributed by atoms with E-state index in [9.17, 15) is 9.90 Å². The third-order valence-corrected chi connectivity index (χ3v) is 9.53. The maximum atomic E-state index is 11.5. The molecule has 1 N–H and O–H groups in total. The fourth-order valence-electron chi connectivity index (χ4n) is 6.37. The summed E-state index contributed by atoms with van der Waals surface area (Å²) in [5.41, 5.74) is 1.29. The fraction of sp³-hybridized carbons (Fsp3) is 0.857. The van der Waals surface area contributed by atoms with Crippen LogP contribution in [0.2, 0.25) is 0 Å². The molecule has 45 heavy (non-hydrogen) atoms. The van der Waals surface area contributed by atoms with Crippen LogP contribution in [-0.4, -0.2) is 5.97 Å². The predicted molar refractivity (Wildman–Crippen MR) is 195 cm³/mol. The molecular formula is C42H79NO2. The van der Waals surface area contributed by atoms with E-state index in [0.29, 0.717) is 0 Å². The number of carbonyl (C=O) groups excluding carboxylic acids is 1. The summed E-state index contributed by atoms with van der Waals surface area (Å²) in [6, 6.07) is 4.06. The van der Waals surface area contributed by atoms with E-state index in [2.05, 4.69) is 25.8 Å². The van der Waals surface area contributed by atoms with Gasteiger partial charge in [0.05, 0.1) is 0 Å². The van der Waals surface area contributed by atoms with E-state index < -0.39 is 5.97 Å². The molecule has 0 fully saturated rings. The zero-order valence-electron chi connectivity index (χ0n) is 30.8. The molecule has 0 aliphatic rings. The number of aryl methyl sites for hydroxylation is 1. The highest BCUT2D eigenvalue weighted by molar-refractivity contribution is 5.67. The molecule has 0 bridgehead atoms. The van der Waals surface area contributed by atoms with Gasteiger partial charge in [0.25, 0.3) is 0 Å². The number of unbranched alkanes of at least 4 members (excludes halogenated alkanes) is 28. The smallest absolute Gasteiger partial charge is 0.167 e. The van der Waals surface area contributed by atoms with Crippen molar-refractivity contribution in [3.63, 3.8) is 0 Å². The first-order valence-electron chi connectivity index (χ1n) is 20.2. The van der Waals surface area contributed by atoms with Gasteiger partial charge >= 0.3 is 0 Å². The topological polar surface area (TPSA) is 54.3 Å². The number of carbonyl (C=O) groups is 1. The Hall–Kier alpha value is -1.38. The SMILES string of the molecule is CCCCCCCCCCCCCCCCCC(CCCCCCCCCCCCCCCCC)C(=O)[O-].Cc1cc[nH+]cc1. The number of hydrogen-bond donors (Lipinski definition) is 0. The van der Waals surface area contributed by atoms with Crippen molar-refractivity contribution in [2.45, 2.75) is 226 Å². The number of H-pyrrole nitrogens is 1. The van der Waals surface area contributed by atoms with E-state index in [1.165, 1.54) is 185 Å². The van der Waals surface area contributed by atoms with Gasteiger partial charge in [-0.1, -0.05) is 206 Å². The second-order valence-corrected chi connectivity index (χ2v) is 14.1. The quantitative estimate of drug-likeness (QED) is 0.0726. The molecule has 0 aromatic carbocycles. The van der Waals surface area contributed by atoms with Gasteiger partial charge in [-0.15, -0.1) is 0 Å². The van der Waals surface area contributed by atoms with Gasteiger partial charge in [0.2, 0.25) is 0 Å². The summed E-state index contributed by atoms with van der Waals surface area (Å²) in [5.74, 6) is -1.01. The van der Waals surface area contributed by atoms with Crippen LogP contribution in [0.5, 0.6) is 0 Å². The maximum absolute atomic E-state index is 11.5. The Morgan fingerprint density at radius 3 is 0.933 bits per heavy atom. The number of aliphatic carboxylic acids is 1. The van der Waals surface area contributed by atoms with E-state index in [4.69, 9.17) is 0 Å². The van der Waals surface area contributed by atoms with E-state index in [1.54, 1.807) is 0 Å². The lowest BCUT2D eigenvalue weighted by Gasteiger charge is -2.17. The lowest BCUT2D eigenvalue weighted by molar-refractivity contribution is -0.378. The van der Waals surface area contributed by atoms with Crippen LogP contribution in [-0.2, 0) is 4.79 Å². The fourth-order valence-corrected chi connectivity index (χ4v) is 6.37. The average Bonchev–Trinajstić information content (AvgIpc) is 3.04. The van der Waals surface area contributed by atoms with Crippen LogP contribution in [0.25, 0.3) is 0 Å². The van der Waals surface area contributed by atoms with Crippen molar-refractivity contribution < 1.29 is 14.9 Å². The normalized spacial score (nSPS) is 11.1. The number of carboxylic acid groups (broad SMARTS) is 1. The number of aromatic nitrogens is 1. The molecule has 0 aliphatic heterocycles. The van der Waals surface area contributed by atoms with Gasteiger partial charge < -0.3 is 9.90 Å². The van der Waals surface area contributed by atoms with Crippen LogP contribution in [0.15, 0.2) is 24.5 Å². The van der Waals surface area contributed by atoms with Crippen molar-refractivity contribution in [2.75, 3.05) is 0 Å². The molecule has 0 saturated carbocycles. The Labute approximate surface area is 282 Å². The van der Waals surface area contributed by atoms with Gasteiger partial charge in [-0.25, -0.2) is 4.98 Å². The highest BCUT2D eigenvalue weighted by Crippen LogP contribution is 2.20. The summed E-state index contributed by atoms with van der Waals surface area (Å²) in [4.78, 5) is 14.5. The molecule has 1 aromatic heterocycles. The molecule has 0 unspecified atom stereocenters. The first kappa shape index (κ1) is 43.6. The molecule has 3 nitrogen and oxygen atoms in total. The molecule has 0 saturated heterocycles. The summed E-state index contributed by atoms with van der Waals surface area (Å²) in [5, 5.41) is 11.5. The first-order valence-corrected chi connectivity index (χ1v) is 20.2. The molecule has 3 heteroatoms. The molecule has 0 amide bonds. The molecule has 1 aromatic rings. The highest BCUT2D eigenvalue weighted by Gasteiger charge is 2.09. The van der Waals surface area contributed by atoms with Crippen molar-refractivity contribution in [1.82, 2.24) is 0 Å². The monoisotopic (exact) mass is 630 g/mol. The molecule has 0 atom stereocenters. The second-order valence-electron chi connectivity index (χ2n) is 14.1. The molecule has 1 rings (SSSR count). The molecular weight excluding hydrogens is 550 g/mol. The maximum Gasteiger partial charge on any atom is 0.167 e. The number of nitrogens with one attached hydrogen (secondary N) is 1. The second kappa shape index (κ2) is 37.1. The lowest BCUT2D eigenvalue weighted by Crippen LogP contribution is -2.31.